The molecule has 7 rings (SSSR count). The summed E-state index contributed by atoms with van der Waals surface area (Å²) in [6, 6.07) is 8.18. The minimum atomic E-state index is -4.70. The van der Waals surface area contributed by atoms with Gasteiger partial charge in [0.25, 0.3) is 5.92 Å². The number of benzene rings is 2. The smallest absolute Gasteiger partial charge is 0.350 e. The summed E-state index contributed by atoms with van der Waals surface area (Å²) in [6.45, 7) is 7.85. The molecule has 2 aromatic carbocycles. The van der Waals surface area contributed by atoms with Gasteiger partial charge >= 0.3 is 12.4 Å². The first-order chi connectivity index (χ1) is 31.9. The molecule has 1 N–H and O–H groups in total. The van der Waals surface area contributed by atoms with E-state index in [1.807, 2.05) is 34.0 Å². The Hall–Kier alpha value is -4.94. The Morgan fingerprint density at radius 3 is 2.19 bits per heavy atom. The number of halogens is 11. The Morgan fingerprint density at radius 1 is 1.00 bits per heavy atom. The second-order valence-electron chi connectivity index (χ2n) is 16.0. The van der Waals surface area contributed by atoms with Crippen molar-refractivity contribution in [2.24, 2.45) is 5.92 Å². The summed E-state index contributed by atoms with van der Waals surface area (Å²) in [5.74, 6) is 0.733. The van der Waals surface area contributed by atoms with Crippen LogP contribution in [0.25, 0.3) is 22.0 Å². The van der Waals surface area contributed by atoms with Gasteiger partial charge in [0.2, 0.25) is 12.3 Å². The second kappa shape index (κ2) is 21.8. The number of hydrogen-bond donors (Lipinski definition) is 1. The van der Waals surface area contributed by atoms with Gasteiger partial charge in [-0.15, -0.1) is 11.8 Å². The summed E-state index contributed by atoms with van der Waals surface area (Å²) in [6.07, 6.45) is -4.18. The molecule has 3 aromatic heterocycles. The van der Waals surface area contributed by atoms with E-state index in [4.69, 9.17) is 16.6 Å². The fourth-order valence-electron chi connectivity index (χ4n) is 7.59. The van der Waals surface area contributed by atoms with Crippen LogP contribution in [0.1, 0.15) is 100 Å². The number of fused-ring (bicyclic) bond motifs is 2. The molecule has 0 bridgehead atoms. The summed E-state index contributed by atoms with van der Waals surface area (Å²) in [7, 11) is 0. The van der Waals surface area contributed by atoms with E-state index in [0.29, 0.717) is 24.9 Å². The van der Waals surface area contributed by atoms with Crippen LogP contribution in [0.5, 0.6) is 0 Å². The highest BCUT2D eigenvalue weighted by Gasteiger charge is 2.50. The molecule has 368 valence electrons. The molecule has 2 amide bonds. The molecule has 68 heavy (non-hydrogen) atoms. The van der Waals surface area contributed by atoms with Crippen LogP contribution >= 0.6 is 35.3 Å². The van der Waals surface area contributed by atoms with Crippen molar-refractivity contribution in [3.63, 3.8) is 0 Å². The van der Waals surface area contributed by atoms with Gasteiger partial charge in [-0.2, -0.15) is 45.3 Å². The van der Waals surface area contributed by atoms with Crippen molar-refractivity contribution in [3.8, 4) is 23.0 Å². The highest BCUT2D eigenvalue weighted by molar-refractivity contribution is 8.00. The number of amides is 2. The van der Waals surface area contributed by atoms with Crippen LogP contribution in [0.4, 0.5) is 49.7 Å². The molecule has 2 aliphatic carbocycles. The number of nitrogens with zero attached hydrogens (tertiary/aromatic N) is 6. The first-order valence-corrected chi connectivity index (χ1v) is 24.1. The van der Waals surface area contributed by atoms with Crippen LogP contribution in [0.15, 0.2) is 42.5 Å². The molecular weight excluding hydrogens is 972 g/mol. The van der Waals surface area contributed by atoms with Gasteiger partial charge < -0.3 is 5.32 Å². The normalized spacial score (nSPS) is 14.9. The number of alkyl halides is 8. The number of aryl methyl sites for hydroxylation is 1. The van der Waals surface area contributed by atoms with Gasteiger partial charge in [0.1, 0.15) is 29.6 Å². The maximum atomic E-state index is 14.2. The minimum absolute atomic E-state index is 0.00794. The van der Waals surface area contributed by atoms with Gasteiger partial charge in [0, 0.05) is 47.9 Å². The molecule has 3 heterocycles. The SMILES string of the molecule is CC.CCn1nc(C(F)(F)F)c2c1C(F)(F)CC2.CSN(C(=O)C1CCC1)c1nn(CC(F)(F)F)c2c(-c3ccc(C#CC(C)(C)SC)nc3C(Cc3cc(F)cc(F)c3)NC=O)ccc(Cl)c12. The van der Waals surface area contributed by atoms with E-state index in [-0.39, 0.29) is 80.9 Å². The van der Waals surface area contributed by atoms with Crippen molar-refractivity contribution < 1.29 is 53.5 Å². The van der Waals surface area contributed by atoms with Crippen molar-refractivity contribution in [1.82, 2.24) is 29.9 Å². The summed E-state index contributed by atoms with van der Waals surface area (Å²) < 4.78 is 137. The Balaban J connectivity index is 0.000000401. The molecule has 0 spiro atoms. The zero-order valence-electron chi connectivity index (χ0n) is 37.9. The second-order valence-corrected chi connectivity index (χ2v) is 18.5. The van der Waals surface area contributed by atoms with Crippen LogP contribution in [0.3, 0.4) is 0 Å². The number of aromatic nitrogens is 5. The number of nitrogens with one attached hydrogen (secondary N) is 1. The number of carbonyl (C=O) groups excluding carboxylic acids is 2. The zero-order valence-corrected chi connectivity index (χ0v) is 40.3. The van der Waals surface area contributed by atoms with Crippen molar-refractivity contribution in [2.75, 3.05) is 16.8 Å². The van der Waals surface area contributed by atoms with Crippen LogP contribution in [-0.4, -0.2) is 60.3 Å². The van der Waals surface area contributed by atoms with Crippen molar-refractivity contribution in [1.29, 1.82) is 0 Å². The average Bonchev–Trinajstić information content (AvgIpc) is 3.91. The Bertz CT molecular complexity index is 2670. The van der Waals surface area contributed by atoms with Crippen molar-refractivity contribution >= 4 is 64.3 Å². The number of thioether (sulfide) groups is 1. The third kappa shape index (κ3) is 12.3. The Labute approximate surface area is 400 Å². The van der Waals surface area contributed by atoms with Gasteiger partial charge in [0.15, 0.2) is 11.5 Å². The molecule has 22 heteroatoms. The summed E-state index contributed by atoms with van der Waals surface area (Å²) in [5, 5.41) is 10.4. The molecule has 0 aliphatic heterocycles. The van der Waals surface area contributed by atoms with Crippen LogP contribution < -0.4 is 9.62 Å². The average molecular weight is 1020 g/mol. The van der Waals surface area contributed by atoms with Gasteiger partial charge in [-0.3, -0.25) is 19.0 Å². The van der Waals surface area contributed by atoms with Gasteiger partial charge in [0.05, 0.1) is 32.4 Å². The minimum Gasteiger partial charge on any atom is -0.350 e. The lowest BCUT2D eigenvalue weighted by atomic mass is 9.85. The highest BCUT2D eigenvalue weighted by atomic mass is 35.5. The van der Waals surface area contributed by atoms with Gasteiger partial charge in [-0.1, -0.05) is 43.9 Å². The molecule has 1 fully saturated rings. The largest absolute Gasteiger partial charge is 0.435 e. The lowest BCUT2D eigenvalue weighted by Gasteiger charge is -2.29. The summed E-state index contributed by atoms with van der Waals surface area (Å²) in [4.78, 5) is 30.2. The molecule has 5 aromatic rings. The molecule has 1 atom stereocenters. The third-order valence-corrected chi connectivity index (χ3v) is 13.2. The van der Waals surface area contributed by atoms with Gasteiger partial charge in [-0.05, 0) is 106 Å². The molecule has 1 saturated carbocycles. The predicted molar refractivity (Wildman–Crippen MR) is 245 cm³/mol. The lowest BCUT2D eigenvalue weighted by Crippen LogP contribution is -2.34. The molecule has 9 nitrogen and oxygen atoms in total. The van der Waals surface area contributed by atoms with Gasteiger partial charge in [-0.25, -0.2) is 18.1 Å². The molecule has 2 aliphatic rings. The van der Waals surface area contributed by atoms with E-state index in [0.717, 1.165) is 45.9 Å². The van der Waals surface area contributed by atoms with Crippen LogP contribution in [0.2, 0.25) is 5.02 Å². The van der Waals surface area contributed by atoms with Crippen molar-refractivity contribution in [3.05, 3.63) is 93.0 Å². The standard InChI is InChI=1S/C35H33ClF5N5O2S2.C9H9F5N2.C2H6/c1-34(2,49-3)13-12-24-8-9-25(30(43-24)28(42-19-47)16-20-14-22(37)17-23(38)15-20)26-10-11-27(36)29-31(26)45(18-35(39,40)41)44-32(29)46(50-4)33(48)21-6-5-7-21;1-2-16-7-5(3-4-8(7,10)11)6(15-16)9(12,13)14;1-2/h8-11,14-15,17,19,21,28H,5-7,16,18H2,1-4H3,(H,42,47);2-4H2,1H3;1-2H3. The monoisotopic (exact) mass is 1020 g/mol. The third-order valence-electron chi connectivity index (χ3n) is 11.0. The van der Waals surface area contributed by atoms with E-state index in [1.54, 1.807) is 18.4 Å². The first kappa shape index (κ1) is 54.0. The maximum absolute atomic E-state index is 14.2. The van der Waals surface area contributed by atoms with E-state index in [9.17, 15) is 53.5 Å². The number of rotatable bonds is 12. The Morgan fingerprint density at radius 2 is 1.65 bits per heavy atom. The Kier molecular flexibility index (Phi) is 17.3. The number of carbonyl (C=O) groups is 2. The molecule has 1 unspecified atom stereocenters. The lowest BCUT2D eigenvalue weighted by molar-refractivity contribution is -0.142. The summed E-state index contributed by atoms with van der Waals surface area (Å²) >= 11 is 9.25. The first-order valence-electron chi connectivity index (χ1n) is 21.3. The number of hydrogen-bond acceptors (Lipinski definition) is 7. The topological polar surface area (TPSA) is 97.9 Å². The van der Waals surface area contributed by atoms with E-state index in [1.165, 1.54) is 35.1 Å². The van der Waals surface area contributed by atoms with Crippen LogP contribution in [-0.2, 0) is 47.6 Å². The number of anilines is 1. The van der Waals surface area contributed by atoms with Crippen LogP contribution in [0, 0.1) is 29.4 Å². The fourth-order valence-corrected chi connectivity index (χ4v) is 8.61. The fraction of sp³-hybridized carbons (Fsp3) is 0.457. The highest BCUT2D eigenvalue weighted by Crippen LogP contribution is 2.47. The predicted octanol–water partition coefficient (Wildman–Crippen LogP) is 12.5. The van der Waals surface area contributed by atoms with E-state index in [2.05, 4.69) is 27.4 Å². The molecule has 0 radical (unpaired) electrons. The molecule has 0 saturated heterocycles. The maximum Gasteiger partial charge on any atom is 0.435 e. The van der Waals surface area contributed by atoms with E-state index < -0.39 is 65.1 Å². The number of pyridine rings is 1. The van der Waals surface area contributed by atoms with Crippen molar-refractivity contribution in [2.45, 2.75) is 115 Å². The van der Waals surface area contributed by atoms with E-state index >= 15 is 0 Å². The summed E-state index contributed by atoms with van der Waals surface area (Å²) in [5.41, 5.74) is -0.922. The zero-order chi connectivity index (χ0) is 50.5. The molecular formula is C46H48ClF10N7O2S2. The quantitative estimate of drug-likeness (QED) is 0.0575.